The Morgan fingerprint density at radius 3 is 3.05 bits per heavy atom. The Morgan fingerprint density at radius 2 is 2.33 bits per heavy atom. The van der Waals surface area contributed by atoms with Crippen LogP contribution < -0.4 is 10.2 Å². The quantitative estimate of drug-likeness (QED) is 0.888. The Hall–Kier alpha value is -1.40. The van der Waals surface area contributed by atoms with Crippen LogP contribution in [0.3, 0.4) is 0 Å². The standard InChI is InChI=1S/C15H22N4OS/c1-3-16-15-17-13(12-7-9-21-14(12)18-15)19(4-2)10-11-6-5-8-20-11/h7,9,11H,3-6,8,10H2,1-2H3,(H,16,17,18). The third kappa shape index (κ3) is 3.11. The van der Waals surface area contributed by atoms with E-state index < -0.39 is 0 Å². The zero-order valence-electron chi connectivity index (χ0n) is 12.6. The van der Waals surface area contributed by atoms with Gasteiger partial charge in [0.2, 0.25) is 5.95 Å². The molecule has 1 unspecified atom stereocenters. The third-order valence-electron chi connectivity index (χ3n) is 3.77. The molecule has 0 saturated carbocycles. The maximum absolute atomic E-state index is 5.78. The lowest BCUT2D eigenvalue weighted by Gasteiger charge is -2.25. The topological polar surface area (TPSA) is 50.3 Å². The fourth-order valence-corrected chi connectivity index (χ4v) is 3.48. The largest absolute Gasteiger partial charge is 0.376 e. The molecule has 1 atom stereocenters. The molecule has 1 aliphatic rings. The Labute approximate surface area is 129 Å². The van der Waals surface area contributed by atoms with Crippen molar-refractivity contribution in [2.45, 2.75) is 32.8 Å². The first-order chi connectivity index (χ1) is 10.3. The molecule has 3 heterocycles. The van der Waals surface area contributed by atoms with Gasteiger partial charge in [-0.15, -0.1) is 11.3 Å². The number of hydrogen-bond donors (Lipinski definition) is 1. The first kappa shape index (κ1) is 14.5. The van der Waals surface area contributed by atoms with Crippen LogP contribution in [0, 0.1) is 0 Å². The first-order valence-corrected chi connectivity index (χ1v) is 8.55. The summed E-state index contributed by atoms with van der Waals surface area (Å²) in [6.45, 7) is 7.78. The fraction of sp³-hybridized carbons (Fsp3) is 0.600. The number of thiophene rings is 1. The van der Waals surface area contributed by atoms with Gasteiger partial charge in [0, 0.05) is 26.2 Å². The SMILES string of the molecule is CCNc1nc(N(CC)CC2CCCO2)c2ccsc2n1. The molecule has 0 radical (unpaired) electrons. The molecule has 5 nitrogen and oxygen atoms in total. The van der Waals surface area contributed by atoms with E-state index in [1.807, 2.05) is 0 Å². The zero-order valence-corrected chi connectivity index (χ0v) is 13.4. The van der Waals surface area contributed by atoms with Gasteiger partial charge < -0.3 is 15.0 Å². The summed E-state index contributed by atoms with van der Waals surface area (Å²) in [6.07, 6.45) is 2.65. The highest BCUT2D eigenvalue weighted by Gasteiger charge is 2.21. The van der Waals surface area contributed by atoms with Crippen LogP contribution in [0.5, 0.6) is 0 Å². The molecule has 3 rings (SSSR count). The van der Waals surface area contributed by atoms with Crippen molar-refractivity contribution in [2.75, 3.05) is 36.5 Å². The Kier molecular flexibility index (Phi) is 4.55. The molecular formula is C15H22N4OS. The number of rotatable bonds is 6. The van der Waals surface area contributed by atoms with Gasteiger partial charge in [-0.2, -0.15) is 4.98 Å². The number of aromatic nitrogens is 2. The van der Waals surface area contributed by atoms with E-state index in [2.05, 4.69) is 40.5 Å². The maximum atomic E-state index is 5.78. The van der Waals surface area contributed by atoms with Crippen molar-refractivity contribution in [2.24, 2.45) is 0 Å². The summed E-state index contributed by atoms with van der Waals surface area (Å²) in [5.41, 5.74) is 0. The third-order valence-corrected chi connectivity index (χ3v) is 4.58. The van der Waals surface area contributed by atoms with Gasteiger partial charge in [0.15, 0.2) is 0 Å². The lowest BCUT2D eigenvalue weighted by molar-refractivity contribution is 0.115. The van der Waals surface area contributed by atoms with E-state index in [0.29, 0.717) is 12.1 Å². The molecule has 2 aromatic heterocycles. The van der Waals surface area contributed by atoms with E-state index in [1.54, 1.807) is 11.3 Å². The van der Waals surface area contributed by atoms with Gasteiger partial charge in [-0.05, 0) is 38.1 Å². The van der Waals surface area contributed by atoms with Crippen LogP contribution in [0.4, 0.5) is 11.8 Å². The second-order valence-corrected chi connectivity index (χ2v) is 6.11. The predicted molar refractivity (Wildman–Crippen MR) is 88.4 cm³/mol. The highest BCUT2D eigenvalue weighted by molar-refractivity contribution is 7.16. The number of likely N-dealkylation sites (N-methyl/N-ethyl adjacent to an activating group) is 1. The molecule has 21 heavy (non-hydrogen) atoms. The molecule has 1 N–H and O–H groups in total. The van der Waals surface area contributed by atoms with E-state index in [0.717, 1.165) is 48.7 Å². The Balaban J connectivity index is 1.93. The van der Waals surface area contributed by atoms with Gasteiger partial charge in [0.05, 0.1) is 11.5 Å². The lowest BCUT2D eigenvalue weighted by atomic mass is 10.2. The van der Waals surface area contributed by atoms with Gasteiger partial charge in [-0.1, -0.05) is 0 Å². The van der Waals surface area contributed by atoms with Crippen LogP contribution in [-0.2, 0) is 4.74 Å². The normalized spacial score (nSPS) is 18.3. The summed E-state index contributed by atoms with van der Waals surface area (Å²) < 4.78 is 5.78. The number of anilines is 2. The van der Waals surface area contributed by atoms with E-state index in [-0.39, 0.29) is 0 Å². The fourth-order valence-electron chi connectivity index (χ4n) is 2.72. The van der Waals surface area contributed by atoms with E-state index in [9.17, 15) is 0 Å². The molecule has 6 heteroatoms. The smallest absolute Gasteiger partial charge is 0.226 e. The highest BCUT2D eigenvalue weighted by atomic mass is 32.1. The summed E-state index contributed by atoms with van der Waals surface area (Å²) in [5, 5.41) is 6.45. The summed E-state index contributed by atoms with van der Waals surface area (Å²) in [7, 11) is 0. The minimum Gasteiger partial charge on any atom is -0.376 e. The summed E-state index contributed by atoms with van der Waals surface area (Å²) >= 11 is 1.66. The first-order valence-electron chi connectivity index (χ1n) is 7.67. The van der Waals surface area contributed by atoms with Crippen molar-refractivity contribution in [3.8, 4) is 0 Å². The van der Waals surface area contributed by atoms with Crippen LogP contribution in [0.1, 0.15) is 26.7 Å². The maximum Gasteiger partial charge on any atom is 0.226 e. The molecule has 0 aliphatic carbocycles. The molecule has 1 aliphatic heterocycles. The monoisotopic (exact) mass is 306 g/mol. The van der Waals surface area contributed by atoms with Gasteiger partial charge in [-0.25, -0.2) is 4.98 Å². The summed E-state index contributed by atoms with van der Waals surface area (Å²) in [6, 6.07) is 2.11. The van der Waals surface area contributed by atoms with Crippen LogP contribution in [-0.4, -0.2) is 42.3 Å². The van der Waals surface area contributed by atoms with Crippen molar-refractivity contribution in [1.29, 1.82) is 0 Å². The second kappa shape index (κ2) is 6.58. The van der Waals surface area contributed by atoms with Crippen molar-refractivity contribution < 1.29 is 4.74 Å². The van der Waals surface area contributed by atoms with Crippen LogP contribution >= 0.6 is 11.3 Å². The molecule has 0 amide bonds. The summed E-state index contributed by atoms with van der Waals surface area (Å²) in [4.78, 5) is 12.7. The Morgan fingerprint density at radius 1 is 1.43 bits per heavy atom. The molecule has 0 spiro atoms. The van der Waals surface area contributed by atoms with Gasteiger partial charge in [-0.3, -0.25) is 0 Å². The molecule has 1 fully saturated rings. The van der Waals surface area contributed by atoms with Crippen LogP contribution in [0.15, 0.2) is 11.4 Å². The second-order valence-electron chi connectivity index (χ2n) is 5.21. The van der Waals surface area contributed by atoms with Crippen molar-refractivity contribution in [3.05, 3.63) is 11.4 Å². The van der Waals surface area contributed by atoms with E-state index >= 15 is 0 Å². The van der Waals surface area contributed by atoms with Crippen molar-refractivity contribution in [3.63, 3.8) is 0 Å². The van der Waals surface area contributed by atoms with Gasteiger partial charge in [0.1, 0.15) is 10.6 Å². The van der Waals surface area contributed by atoms with E-state index in [4.69, 9.17) is 9.72 Å². The lowest BCUT2D eigenvalue weighted by Crippen LogP contribution is -2.33. The number of hydrogen-bond acceptors (Lipinski definition) is 6. The van der Waals surface area contributed by atoms with Crippen LogP contribution in [0.2, 0.25) is 0 Å². The van der Waals surface area contributed by atoms with Crippen molar-refractivity contribution >= 4 is 33.3 Å². The van der Waals surface area contributed by atoms with E-state index in [1.165, 1.54) is 6.42 Å². The minimum absolute atomic E-state index is 0.330. The molecule has 0 aromatic carbocycles. The number of fused-ring (bicyclic) bond motifs is 1. The number of ether oxygens (including phenoxy) is 1. The predicted octanol–water partition coefficient (Wildman–Crippen LogP) is 3.13. The molecule has 114 valence electrons. The van der Waals surface area contributed by atoms with Gasteiger partial charge in [0.25, 0.3) is 0 Å². The minimum atomic E-state index is 0.330. The average Bonchev–Trinajstić information content (AvgIpc) is 3.15. The van der Waals surface area contributed by atoms with Crippen LogP contribution in [0.25, 0.3) is 10.2 Å². The molecule has 1 saturated heterocycles. The van der Waals surface area contributed by atoms with Crippen molar-refractivity contribution in [1.82, 2.24) is 9.97 Å². The Bertz CT molecular complexity index is 594. The average molecular weight is 306 g/mol. The van der Waals surface area contributed by atoms with Gasteiger partial charge >= 0.3 is 0 Å². The molecule has 0 bridgehead atoms. The molecular weight excluding hydrogens is 284 g/mol. The zero-order chi connectivity index (χ0) is 14.7. The molecule has 2 aromatic rings. The highest BCUT2D eigenvalue weighted by Crippen LogP contribution is 2.30. The summed E-state index contributed by atoms with van der Waals surface area (Å²) in [5.74, 6) is 1.74. The number of nitrogens with one attached hydrogen (secondary N) is 1. The number of nitrogens with zero attached hydrogens (tertiary/aromatic N) is 3.